The molecule has 1 saturated heterocycles. The van der Waals surface area contributed by atoms with E-state index in [2.05, 4.69) is 5.32 Å². The minimum atomic E-state index is -0.739. The summed E-state index contributed by atoms with van der Waals surface area (Å²) in [5.74, 6) is 1.49. The molecule has 2 amide bonds. The highest BCUT2D eigenvalue weighted by molar-refractivity contribution is 5.98. The predicted octanol–water partition coefficient (Wildman–Crippen LogP) is 1.93. The summed E-state index contributed by atoms with van der Waals surface area (Å²) in [6.07, 6.45) is 4.50. The fourth-order valence-corrected chi connectivity index (χ4v) is 5.81. The van der Waals surface area contributed by atoms with Crippen molar-refractivity contribution in [2.45, 2.75) is 50.4 Å². The fourth-order valence-electron chi connectivity index (χ4n) is 5.81. The van der Waals surface area contributed by atoms with Crippen LogP contribution in [0.5, 0.6) is 11.5 Å². The van der Waals surface area contributed by atoms with E-state index in [0.29, 0.717) is 30.0 Å². The maximum atomic E-state index is 13.2. The largest absolute Gasteiger partial charge is 0.497 e. The second-order valence-electron chi connectivity index (χ2n) is 8.97. The van der Waals surface area contributed by atoms with Gasteiger partial charge in [0.2, 0.25) is 5.91 Å². The lowest BCUT2D eigenvalue weighted by molar-refractivity contribution is -0.157. The van der Waals surface area contributed by atoms with Crippen LogP contribution in [-0.4, -0.2) is 53.8 Å². The van der Waals surface area contributed by atoms with Crippen molar-refractivity contribution < 1.29 is 24.2 Å². The van der Waals surface area contributed by atoms with Crippen molar-refractivity contribution in [1.29, 1.82) is 0 Å². The molecule has 2 aliphatic heterocycles. The van der Waals surface area contributed by atoms with Gasteiger partial charge in [-0.1, -0.05) is 0 Å². The number of likely N-dealkylation sites (tertiary alicyclic amines) is 1. The van der Waals surface area contributed by atoms with Gasteiger partial charge >= 0.3 is 0 Å². The summed E-state index contributed by atoms with van der Waals surface area (Å²) in [6, 6.07) is 5.26. The number of methoxy groups -OCH3 is 1. The number of β-amino-alcohol motifs (C(OH)–C–C–N with tert-alkyl or cyclic N) is 1. The number of piperidine rings is 1. The molecular weight excluding hydrogens is 372 g/mol. The number of nitrogens with zero attached hydrogens (tertiary/aromatic N) is 1. The van der Waals surface area contributed by atoms with Crippen molar-refractivity contribution in [2.75, 3.05) is 20.2 Å². The minimum absolute atomic E-state index is 0.0446. The molecule has 0 unspecified atom stereocenters. The first-order valence-corrected chi connectivity index (χ1v) is 10.7. The summed E-state index contributed by atoms with van der Waals surface area (Å²) in [4.78, 5) is 27.8. The predicted molar refractivity (Wildman–Crippen MR) is 105 cm³/mol. The second-order valence-corrected chi connectivity index (χ2v) is 8.97. The van der Waals surface area contributed by atoms with Crippen LogP contribution in [0.15, 0.2) is 18.2 Å². The van der Waals surface area contributed by atoms with Crippen molar-refractivity contribution in [3.8, 4) is 11.5 Å². The summed E-state index contributed by atoms with van der Waals surface area (Å²) in [6.45, 7) is 1.17. The van der Waals surface area contributed by atoms with Crippen LogP contribution >= 0.6 is 0 Å². The van der Waals surface area contributed by atoms with Gasteiger partial charge < -0.3 is 24.8 Å². The van der Waals surface area contributed by atoms with Gasteiger partial charge in [-0.15, -0.1) is 0 Å². The van der Waals surface area contributed by atoms with E-state index in [0.717, 1.165) is 38.6 Å². The van der Waals surface area contributed by atoms with E-state index >= 15 is 0 Å². The lowest BCUT2D eigenvalue weighted by atomic mass is 9.59. The number of ether oxygens (including phenoxy) is 2. The zero-order chi connectivity index (χ0) is 20.2. The molecule has 156 valence electrons. The van der Waals surface area contributed by atoms with Crippen molar-refractivity contribution in [3.05, 3.63) is 23.8 Å². The van der Waals surface area contributed by atoms with E-state index in [1.54, 1.807) is 25.3 Å². The van der Waals surface area contributed by atoms with Gasteiger partial charge in [0, 0.05) is 37.4 Å². The smallest absolute Gasteiger partial charge is 0.258 e. The number of aliphatic hydroxyl groups excluding tert-OH is 1. The quantitative estimate of drug-likeness (QED) is 0.792. The molecule has 3 saturated carbocycles. The number of benzene rings is 1. The molecule has 29 heavy (non-hydrogen) atoms. The molecule has 4 fully saturated rings. The number of carbonyl (C=O) groups excluding carboxylic acids is 2. The summed E-state index contributed by atoms with van der Waals surface area (Å²) in [5, 5.41) is 13.1. The Labute approximate surface area is 170 Å². The van der Waals surface area contributed by atoms with Gasteiger partial charge in [0.15, 0.2) is 5.72 Å². The normalized spacial score (nSPS) is 35.7. The number of hydrogen-bond donors (Lipinski definition) is 2. The molecule has 0 aromatic heterocycles. The standard InChI is InChI=1S/C22H28N2O5/c1-28-16-6-7-17-19(10-16)29-22(23-20(17)26)11-13-4-5-14(22)9-18(13)21(27)24-8-2-3-15(25)12-24/h6-7,10,13-15,18,25H,2-5,8-9,11-12H2,1H3,(H,23,26)/t13-,14-,15+,18+,22+/m1/s1. The first-order valence-electron chi connectivity index (χ1n) is 10.7. The third-order valence-corrected chi connectivity index (χ3v) is 7.29. The van der Waals surface area contributed by atoms with E-state index in [1.165, 1.54) is 0 Å². The number of amides is 2. The van der Waals surface area contributed by atoms with Gasteiger partial charge in [0.1, 0.15) is 11.5 Å². The fraction of sp³-hybridized carbons (Fsp3) is 0.636. The van der Waals surface area contributed by atoms with Crippen LogP contribution in [-0.2, 0) is 4.79 Å². The summed E-state index contributed by atoms with van der Waals surface area (Å²) >= 11 is 0. The average Bonchev–Trinajstić information content (AvgIpc) is 2.73. The Hall–Kier alpha value is -2.28. The van der Waals surface area contributed by atoms with E-state index < -0.39 is 11.8 Å². The van der Waals surface area contributed by atoms with Gasteiger partial charge in [-0.3, -0.25) is 9.59 Å². The van der Waals surface area contributed by atoms with E-state index in [1.807, 2.05) is 4.90 Å². The Morgan fingerprint density at radius 2 is 2.21 bits per heavy atom. The first-order chi connectivity index (χ1) is 14.0. The molecular formula is C22H28N2O5. The first kappa shape index (κ1) is 18.7. The topological polar surface area (TPSA) is 88.1 Å². The Bertz CT molecular complexity index is 842. The molecule has 7 heteroatoms. The number of nitrogens with one attached hydrogen (secondary N) is 1. The van der Waals surface area contributed by atoms with E-state index in [-0.39, 0.29) is 29.6 Å². The second kappa shape index (κ2) is 6.90. The van der Waals surface area contributed by atoms with Crippen molar-refractivity contribution in [3.63, 3.8) is 0 Å². The molecule has 0 radical (unpaired) electrons. The highest BCUT2D eigenvalue weighted by Gasteiger charge is 2.57. The van der Waals surface area contributed by atoms with Gasteiger partial charge in [-0.25, -0.2) is 0 Å². The molecule has 6 rings (SSSR count). The summed E-state index contributed by atoms with van der Waals surface area (Å²) in [7, 11) is 1.59. The lowest BCUT2D eigenvalue weighted by Gasteiger charge is -2.55. The molecule has 3 aliphatic carbocycles. The molecule has 5 atom stereocenters. The minimum Gasteiger partial charge on any atom is -0.497 e. The molecule has 2 heterocycles. The van der Waals surface area contributed by atoms with Crippen LogP contribution in [0.25, 0.3) is 0 Å². The molecule has 1 spiro atoms. The zero-order valence-electron chi connectivity index (χ0n) is 16.7. The van der Waals surface area contributed by atoms with Gasteiger partial charge in [0.25, 0.3) is 5.91 Å². The number of hydrogen-bond acceptors (Lipinski definition) is 5. The van der Waals surface area contributed by atoms with E-state index in [9.17, 15) is 14.7 Å². The number of carbonyl (C=O) groups is 2. The third-order valence-electron chi connectivity index (χ3n) is 7.29. The monoisotopic (exact) mass is 400 g/mol. The molecule has 5 aliphatic rings. The number of aliphatic hydroxyl groups is 1. The summed E-state index contributed by atoms with van der Waals surface area (Å²) < 4.78 is 11.7. The van der Waals surface area contributed by atoms with Crippen LogP contribution in [0.3, 0.4) is 0 Å². The maximum absolute atomic E-state index is 13.2. The van der Waals surface area contributed by atoms with Crippen molar-refractivity contribution in [2.24, 2.45) is 17.8 Å². The highest BCUT2D eigenvalue weighted by atomic mass is 16.5. The molecule has 2 bridgehead atoms. The van der Waals surface area contributed by atoms with E-state index in [4.69, 9.17) is 9.47 Å². The van der Waals surface area contributed by atoms with Gasteiger partial charge in [-0.2, -0.15) is 0 Å². The summed E-state index contributed by atoms with van der Waals surface area (Å²) in [5.41, 5.74) is -0.217. The van der Waals surface area contributed by atoms with Crippen LogP contribution < -0.4 is 14.8 Å². The van der Waals surface area contributed by atoms with Crippen LogP contribution in [0.2, 0.25) is 0 Å². The highest BCUT2D eigenvalue weighted by Crippen LogP contribution is 2.53. The Kier molecular flexibility index (Phi) is 4.46. The average molecular weight is 400 g/mol. The Morgan fingerprint density at radius 3 is 2.93 bits per heavy atom. The van der Waals surface area contributed by atoms with Crippen LogP contribution in [0.1, 0.15) is 48.9 Å². The lowest BCUT2D eigenvalue weighted by Crippen LogP contribution is -2.67. The van der Waals surface area contributed by atoms with Crippen LogP contribution in [0, 0.1) is 17.8 Å². The maximum Gasteiger partial charge on any atom is 0.258 e. The van der Waals surface area contributed by atoms with Crippen LogP contribution in [0.4, 0.5) is 0 Å². The zero-order valence-corrected chi connectivity index (χ0v) is 16.7. The molecule has 2 N–H and O–H groups in total. The Balaban J connectivity index is 1.37. The molecule has 7 nitrogen and oxygen atoms in total. The van der Waals surface area contributed by atoms with Gasteiger partial charge in [0.05, 0.1) is 18.8 Å². The number of rotatable bonds is 2. The van der Waals surface area contributed by atoms with Crippen molar-refractivity contribution >= 4 is 11.8 Å². The van der Waals surface area contributed by atoms with Crippen molar-refractivity contribution in [1.82, 2.24) is 10.2 Å². The SMILES string of the molecule is COc1ccc2c(c1)O[C@]1(C[C@H]3CC[C@@H]1C[C@@H]3C(=O)N1CCC[C@H](O)C1)NC2=O. The third kappa shape index (κ3) is 3.06. The number of fused-ring (bicyclic) bond motifs is 3. The molecule has 1 aromatic carbocycles. The Morgan fingerprint density at radius 1 is 1.34 bits per heavy atom. The molecule has 1 aromatic rings. The van der Waals surface area contributed by atoms with Gasteiger partial charge in [-0.05, 0) is 50.2 Å².